The highest BCUT2D eigenvalue weighted by molar-refractivity contribution is 5.89. The summed E-state index contributed by atoms with van der Waals surface area (Å²) < 4.78 is 1.62. The summed E-state index contributed by atoms with van der Waals surface area (Å²) in [6.07, 6.45) is 1.08. The van der Waals surface area contributed by atoms with E-state index in [1.807, 2.05) is 50.2 Å². The summed E-state index contributed by atoms with van der Waals surface area (Å²) in [7, 11) is 0. The summed E-state index contributed by atoms with van der Waals surface area (Å²) >= 11 is 0. The van der Waals surface area contributed by atoms with Gasteiger partial charge in [-0.15, -0.1) is 5.10 Å². The zero-order valence-corrected chi connectivity index (χ0v) is 12.6. The molecule has 0 unspecified atom stereocenters. The van der Waals surface area contributed by atoms with E-state index in [4.69, 9.17) is 0 Å². The van der Waals surface area contributed by atoms with Gasteiger partial charge in [0.25, 0.3) is 11.7 Å². The molecular weight excluding hydrogens is 278 g/mol. The van der Waals surface area contributed by atoms with Gasteiger partial charge in [0.15, 0.2) is 0 Å². The van der Waals surface area contributed by atoms with Crippen LogP contribution in [0.2, 0.25) is 0 Å². The van der Waals surface area contributed by atoms with Crippen LogP contribution >= 0.6 is 0 Å². The van der Waals surface area contributed by atoms with Crippen LogP contribution < -0.4 is 5.32 Å². The minimum absolute atomic E-state index is 0.103. The fourth-order valence-corrected chi connectivity index (χ4v) is 2.31. The van der Waals surface area contributed by atoms with Gasteiger partial charge >= 0.3 is 0 Å². The van der Waals surface area contributed by atoms with E-state index in [0.29, 0.717) is 24.6 Å². The van der Waals surface area contributed by atoms with Gasteiger partial charge in [-0.3, -0.25) is 10.1 Å². The van der Waals surface area contributed by atoms with E-state index in [-0.39, 0.29) is 5.91 Å². The quantitative estimate of drug-likeness (QED) is 0.801. The van der Waals surface area contributed by atoms with E-state index in [0.717, 1.165) is 17.0 Å². The average molecular weight is 295 g/mol. The van der Waals surface area contributed by atoms with Gasteiger partial charge in [0, 0.05) is 17.8 Å². The predicted octanol–water partition coefficient (Wildman–Crippen LogP) is 2.31. The first-order valence-corrected chi connectivity index (χ1v) is 7.16. The third-order valence-electron chi connectivity index (χ3n) is 3.35. The van der Waals surface area contributed by atoms with Crippen LogP contribution in [0.1, 0.15) is 23.4 Å². The molecule has 2 aromatic heterocycles. The monoisotopic (exact) mass is 295 g/mol. The lowest BCUT2D eigenvalue weighted by atomic mass is 10.1. The molecule has 0 saturated heterocycles. The molecule has 0 aliphatic rings. The highest BCUT2D eigenvalue weighted by Crippen LogP contribution is 2.09. The predicted molar refractivity (Wildman–Crippen MR) is 83.6 cm³/mol. The van der Waals surface area contributed by atoms with Crippen LogP contribution in [-0.4, -0.2) is 25.5 Å². The van der Waals surface area contributed by atoms with Crippen molar-refractivity contribution in [3.63, 3.8) is 0 Å². The van der Waals surface area contributed by atoms with Crippen LogP contribution in [0.5, 0.6) is 0 Å². The second-order valence-corrected chi connectivity index (χ2v) is 5.22. The molecule has 2 heterocycles. The van der Waals surface area contributed by atoms with Crippen molar-refractivity contribution < 1.29 is 4.79 Å². The number of rotatable bonds is 4. The van der Waals surface area contributed by atoms with Gasteiger partial charge < -0.3 is 0 Å². The van der Waals surface area contributed by atoms with Gasteiger partial charge in [-0.1, -0.05) is 30.3 Å². The van der Waals surface area contributed by atoms with Crippen molar-refractivity contribution in [1.82, 2.24) is 19.6 Å². The van der Waals surface area contributed by atoms with E-state index < -0.39 is 0 Å². The van der Waals surface area contributed by atoms with Crippen molar-refractivity contribution in [1.29, 1.82) is 0 Å². The fraction of sp³-hybridized carbons (Fsp3) is 0.250. The van der Waals surface area contributed by atoms with Gasteiger partial charge in [0.2, 0.25) is 5.91 Å². The van der Waals surface area contributed by atoms with Gasteiger partial charge in [-0.2, -0.15) is 9.50 Å². The lowest BCUT2D eigenvalue weighted by Gasteiger charge is -2.01. The van der Waals surface area contributed by atoms with Crippen LogP contribution in [0.3, 0.4) is 0 Å². The number of nitrogens with one attached hydrogen (secondary N) is 1. The highest BCUT2D eigenvalue weighted by atomic mass is 16.1. The first-order valence-electron chi connectivity index (χ1n) is 7.16. The maximum Gasteiger partial charge on any atom is 0.254 e. The van der Waals surface area contributed by atoms with Crippen LogP contribution in [0, 0.1) is 13.8 Å². The van der Waals surface area contributed by atoms with Crippen molar-refractivity contribution in [2.75, 3.05) is 5.32 Å². The van der Waals surface area contributed by atoms with Gasteiger partial charge in [0.05, 0.1) is 0 Å². The molecular formula is C16H17N5O. The van der Waals surface area contributed by atoms with Crippen LogP contribution in [0.4, 0.5) is 5.95 Å². The Bertz CT molecular complexity index is 810. The molecule has 0 bridgehead atoms. The molecule has 1 amide bonds. The smallest absolute Gasteiger partial charge is 0.254 e. The summed E-state index contributed by atoms with van der Waals surface area (Å²) in [6, 6.07) is 11.8. The third-order valence-corrected chi connectivity index (χ3v) is 3.35. The maximum atomic E-state index is 12.0. The molecule has 0 aliphatic carbocycles. The van der Waals surface area contributed by atoms with Crippen molar-refractivity contribution >= 4 is 17.6 Å². The average Bonchev–Trinajstić information content (AvgIpc) is 2.89. The second-order valence-electron chi connectivity index (χ2n) is 5.22. The van der Waals surface area contributed by atoms with E-state index >= 15 is 0 Å². The molecule has 22 heavy (non-hydrogen) atoms. The Morgan fingerprint density at radius 3 is 2.73 bits per heavy atom. The van der Waals surface area contributed by atoms with Crippen molar-refractivity contribution in [2.45, 2.75) is 26.7 Å². The number of anilines is 1. The lowest BCUT2D eigenvalue weighted by molar-refractivity contribution is -0.116. The van der Waals surface area contributed by atoms with Crippen molar-refractivity contribution in [3.8, 4) is 0 Å². The van der Waals surface area contributed by atoms with Gasteiger partial charge in [0.1, 0.15) is 0 Å². The number of hydrogen-bond donors (Lipinski definition) is 1. The van der Waals surface area contributed by atoms with E-state index in [1.165, 1.54) is 0 Å². The van der Waals surface area contributed by atoms with Gasteiger partial charge in [-0.05, 0) is 31.9 Å². The van der Waals surface area contributed by atoms with Crippen LogP contribution in [0.25, 0.3) is 5.78 Å². The number of aryl methyl sites for hydroxylation is 3. The second kappa shape index (κ2) is 5.93. The fourth-order valence-electron chi connectivity index (χ4n) is 2.31. The zero-order valence-electron chi connectivity index (χ0n) is 12.6. The first kappa shape index (κ1) is 14.2. The molecule has 112 valence electrons. The Labute approximate surface area is 128 Å². The number of aromatic nitrogens is 4. The number of nitrogens with zero attached hydrogens (tertiary/aromatic N) is 4. The number of fused-ring (bicyclic) bond motifs is 1. The molecule has 0 saturated carbocycles. The largest absolute Gasteiger partial charge is 0.293 e. The highest BCUT2D eigenvalue weighted by Gasteiger charge is 2.10. The Morgan fingerprint density at radius 1 is 1.18 bits per heavy atom. The summed E-state index contributed by atoms with van der Waals surface area (Å²) in [5.74, 6) is 0.684. The zero-order chi connectivity index (χ0) is 15.5. The van der Waals surface area contributed by atoms with Crippen LogP contribution in [0.15, 0.2) is 36.4 Å². The Kier molecular flexibility index (Phi) is 3.82. The molecule has 6 heteroatoms. The number of benzene rings is 1. The Morgan fingerprint density at radius 2 is 1.95 bits per heavy atom. The molecule has 0 radical (unpaired) electrons. The molecule has 1 aromatic carbocycles. The SMILES string of the molecule is Cc1cc(C)n2nc(NC(=O)CCc3ccccc3)nc2n1. The van der Waals surface area contributed by atoms with E-state index in [1.54, 1.807) is 4.52 Å². The first-order chi connectivity index (χ1) is 10.6. The summed E-state index contributed by atoms with van der Waals surface area (Å²) in [6.45, 7) is 3.83. The standard InChI is InChI=1S/C16H17N5O/c1-11-10-12(2)21-16(17-11)19-15(20-21)18-14(22)9-8-13-6-4-3-5-7-13/h3-7,10H,8-9H2,1-2H3,(H,18,20,22). The third kappa shape index (κ3) is 3.11. The number of amides is 1. The lowest BCUT2D eigenvalue weighted by Crippen LogP contribution is -2.13. The minimum Gasteiger partial charge on any atom is -0.293 e. The number of carbonyl (C=O) groups is 1. The molecule has 0 fully saturated rings. The topological polar surface area (TPSA) is 72.2 Å². The Hall–Kier alpha value is -2.76. The molecule has 1 N–H and O–H groups in total. The molecule has 6 nitrogen and oxygen atoms in total. The summed E-state index contributed by atoms with van der Waals surface area (Å²) in [5, 5.41) is 6.99. The van der Waals surface area contributed by atoms with Crippen molar-refractivity contribution in [3.05, 3.63) is 53.3 Å². The minimum atomic E-state index is -0.103. The van der Waals surface area contributed by atoms with Crippen molar-refractivity contribution in [2.24, 2.45) is 0 Å². The maximum absolute atomic E-state index is 12.0. The normalized spacial score (nSPS) is 10.8. The molecule has 0 aliphatic heterocycles. The molecule has 3 rings (SSSR count). The molecule has 0 atom stereocenters. The number of hydrogen-bond acceptors (Lipinski definition) is 4. The summed E-state index contributed by atoms with van der Waals surface area (Å²) in [5.41, 5.74) is 2.94. The Balaban J connectivity index is 1.68. The van der Waals surface area contributed by atoms with Gasteiger partial charge in [-0.25, -0.2) is 4.98 Å². The molecule has 3 aromatic rings. The number of carbonyl (C=O) groups excluding carboxylic acids is 1. The van der Waals surface area contributed by atoms with E-state index in [9.17, 15) is 4.79 Å². The summed E-state index contributed by atoms with van der Waals surface area (Å²) in [4.78, 5) is 20.5. The van der Waals surface area contributed by atoms with E-state index in [2.05, 4.69) is 20.4 Å². The molecule has 0 spiro atoms. The van der Waals surface area contributed by atoms with Crippen LogP contribution in [-0.2, 0) is 11.2 Å².